The molecule has 6 heteroatoms. The van der Waals surface area contributed by atoms with Gasteiger partial charge in [-0.25, -0.2) is 0 Å². The average Bonchev–Trinajstić information content (AvgIpc) is 2.90. The van der Waals surface area contributed by atoms with Gasteiger partial charge in [0.2, 0.25) is 11.7 Å². The molecule has 0 bridgehead atoms. The molecule has 2 aromatic heterocycles. The fourth-order valence-corrected chi connectivity index (χ4v) is 1.92. The van der Waals surface area contributed by atoms with E-state index in [9.17, 15) is 0 Å². The quantitative estimate of drug-likeness (QED) is 0.855. The van der Waals surface area contributed by atoms with Gasteiger partial charge in [0.1, 0.15) is 11.7 Å². The van der Waals surface area contributed by atoms with Crippen molar-refractivity contribution in [2.45, 2.75) is 13.0 Å². The summed E-state index contributed by atoms with van der Waals surface area (Å²) in [5.74, 6) is 1.07. The lowest BCUT2D eigenvalue weighted by molar-refractivity contribution is 0.0659. The van der Waals surface area contributed by atoms with Crippen molar-refractivity contribution in [2.24, 2.45) is 0 Å². The first-order valence-corrected chi connectivity index (χ1v) is 5.91. The van der Waals surface area contributed by atoms with Crippen molar-refractivity contribution in [1.29, 1.82) is 0 Å². The largest absolute Gasteiger partial charge is 0.378 e. The molecule has 0 radical (unpaired) electrons. The van der Waals surface area contributed by atoms with Crippen LogP contribution in [0.3, 0.4) is 0 Å². The fourth-order valence-electron chi connectivity index (χ4n) is 1.92. The van der Waals surface area contributed by atoms with E-state index in [-0.39, 0.29) is 6.04 Å². The number of hydrogen-bond acceptors (Lipinski definition) is 6. The second-order valence-corrected chi connectivity index (χ2v) is 4.21. The Morgan fingerprint density at radius 1 is 1.44 bits per heavy atom. The van der Waals surface area contributed by atoms with Gasteiger partial charge in [0.15, 0.2) is 0 Å². The molecule has 94 valence electrons. The summed E-state index contributed by atoms with van der Waals surface area (Å²) in [5.41, 5.74) is 1.78. The van der Waals surface area contributed by atoms with Gasteiger partial charge in [-0.1, -0.05) is 11.2 Å². The third kappa shape index (κ3) is 2.12. The van der Waals surface area contributed by atoms with Crippen LogP contribution in [0.1, 0.15) is 17.5 Å². The summed E-state index contributed by atoms with van der Waals surface area (Å²) in [6, 6.07) is 3.83. The van der Waals surface area contributed by atoms with Gasteiger partial charge in [-0.2, -0.15) is 4.98 Å². The van der Waals surface area contributed by atoms with Gasteiger partial charge in [0.05, 0.1) is 13.2 Å². The Kier molecular flexibility index (Phi) is 3.04. The van der Waals surface area contributed by atoms with Crippen LogP contribution in [-0.2, 0) is 4.74 Å². The second kappa shape index (κ2) is 4.83. The van der Waals surface area contributed by atoms with Crippen LogP contribution < -0.4 is 5.32 Å². The molecule has 6 nitrogen and oxygen atoms in total. The van der Waals surface area contributed by atoms with Crippen LogP contribution in [0.2, 0.25) is 0 Å². The third-order valence-corrected chi connectivity index (χ3v) is 2.88. The van der Waals surface area contributed by atoms with Crippen LogP contribution in [-0.4, -0.2) is 34.9 Å². The van der Waals surface area contributed by atoms with Crippen molar-refractivity contribution < 1.29 is 9.26 Å². The van der Waals surface area contributed by atoms with E-state index in [0.29, 0.717) is 18.3 Å². The monoisotopic (exact) mass is 246 g/mol. The maximum atomic E-state index is 5.37. The Morgan fingerprint density at radius 3 is 3.17 bits per heavy atom. The normalized spacial score (nSPS) is 19.9. The topological polar surface area (TPSA) is 73.1 Å². The number of nitrogens with one attached hydrogen (secondary N) is 1. The van der Waals surface area contributed by atoms with Crippen LogP contribution in [0.4, 0.5) is 0 Å². The highest BCUT2D eigenvalue weighted by Crippen LogP contribution is 2.20. The summed E-state index contributed by atoms with van der Waals surface area (Å²) >= 11 is 0. The number of nitrogens with zero attached hydrogens (tertiary/aromatic N) is 3. The molecular formula is C12H14N4O2. The van der Waals surface area contributed by atoms with E-state index < -0.39 is 0 Å². The predicted octanol–water partition coefficient (Wildman–Crippen LogP) is 1.10. The molecule has 18 heavy (non-hydrogen) atoms. The van der Waals surface area contributed by atoms with E-state index in [1.807, 2.05) is 19.1 Å². The van der Waals surface area contributed by atoms with Gasteiger partial charge in [0, 0.05) is 12.7 Å². The highest BCUT2D eigenvalue weighted by Gasteiger charge is 2.22. The number of aromatic nitrogens is 3. The molecule has 2 aromatic rings. The molecule has 1 fully saturated rings. The SMILES string of the molecule is Cc1cccnc1-c1noc(C2COCCN2)n1. The Labute approximate surface area is 104 Å². The summed E-state index contributed by atoms with van der Waals surface area (Å²) in [5, 5.41) is 7.25. The van der Waals surface area contributed by atoms with Gasteiger partial charge >= 0.3 is 0 Å². The van der Waals surface area contributed by atoms with E-state index in [1.54, 1.807) is 6.20 Å². The van der Waals surface area contributed by atoms with Gasteiger partial charge in [-0.15, -0.1) is 0 Å². The van der Waals surface area contributed by atoms with Gasteiger partial charge < -0.3 is 14.6 Å². The molecule has 1 unspecified atom stereocenters. The van der Waals surface area contributed by atoms with Crippen molar-refractivity contribution in [1.82, 2.24) is 20.4 Å². The predicted molar refractivity (Wildman–Crippen MR) is 63.8 cm³/mol. The highest BCUT2D eigenvalue weighted by atomic mass is 16.5. The first-order valence-electron chi connectivity index (χ1n) is 5.91. The summed E-state index contributed by atoms with van der Waals surface area (Å²) in [7, 11) is 0. The molecule has 0 aromatic carbocycles. The maximum Gasteiger partial charge on any atom is 0.246 e. The molecule has 1 aliphatic heterocycles. The molecule has 1 N–H and O–H groups in total. The molecule has 1 saturated heterocycles. The zero-order valence-electron chi connectivity index (χ0n) is 10.1. The lowest BCUT2D eigenvalue weighted by atomic mass is 10.2. The van der Waals surface area contributed by atoms with Crippen LogP contribution in [0.25, 0.3) is 11.5 Å². The Balaban J connectivity index is 1.87. The third-order valence-electron chi connectivity index (χ3n) is 2.88. The zero-order valence-corrected chi connectivity index (χ0v) is 10.1. The number of ether oxygens (including phenoxy) is 1. The van der Waals surface area contributed by atoms with E-state index >= 15 is 0 Å². The van der Waals surface area contributed by atoms with Crippen LogP contribution >= 0.6 is 0 Å². The molecule has 1 atom stereocenters. The molecule has 3 heterocycles. The standard InChI is InChI=1S/C12H14N4O2/c1-8-3-2-4-14-10(8)11-15-12(18-16-11)9-7-17-6-5-13-9/h2-4,9,13H,5-7H2,1H3. The van der Waals surface area contributed by atoms with E-state index in [0.717, 1.165) is 24.4 Å². The Hall–Kier alpha value is -1.79. The number of rotatable bonds is 2. The number of morpholine rings is 1. The lowest BCUT2D eigenvalue weighted by Gasteiger charge is -2.20. The highest BCUT2D eigenvalue weighted by molar-refractivity contribution is 5.53. The van der Waals surface area contributed by atoms with Gasteiger partial charge in [-0.05, 0) is 18.6 Å². The summed E-state index contributed by atoms with van der Waals surface area (Å²) in [6.45, 7) is 4.05. The van der Waals surface area contributed by atoms with Crippen molar-refractivity contribution in [3.63, 3.8) is 0 Å². The van der Waals surface area contributed by atoms with Gasteiger partial charge in [0.25, 0.3) is 0 Å². The van der Waals surface area contributed by atoms with E-state index in [1.165, 1.54) is 0 Å². The van der Waals surface area contributed by atoms with Crippen molar-refractivity contribution in [3.8, 4) is 11.5 Å². The van der Waals surface area contributed by atoms with Crippen LogP contribution in [0, 0.1) is 6.92 Å². The summed E-state index contributed by atoms with van der Waals surface area (Å²) in [4.78, 5) is 8.65. The molecule has 1 aliphatic rings. The van der Waals surface area contributed by atoms with E-state index in [4.69, 9.17) is 9.26 Å². The lowest BCUT2D eigenvalue weighted by Crippen LogP contribution is -2.34. The molecule has 0 saturated carbocycles. The number of aryl methyl sites for hydroxylation is 1. The molecule has 0 amide bonds. The zero-order chi connectivity index (χ0) is 12.4. The van der Waals surface area contributed by atoms with Crippen molar-refractivity contribution in [3.05, 3.63) is 29.8 Å². The van der Waals surface area contributed by atoms with Crippen molar-refractivity contribution >= 4 is 0 Å². The average molecular weight is 246 g/mol. The first-order chi connectivity index (χ1) is 8.84. The number of hydrogen-bond donors (Lipinski definition) is 1. The smallest absolute Gasteiger partial charge is 0.246 e. The Morgan fingerprint density at radius 2 is 2.39 bits per heavy atom. The second-order valence-electron chi connectivity index (χ2n) is 4.21. The summed E-state index contributed by atoms with van der Waals surface area (Å²) < 4.78 is 10.6. The van der Waals surface area contributed by atoms with E-state index in [2.05, 4.69) is 20.4 Å². The fraction of sp³-hybridized carbons (Fsp3) is 0.417. The molecular weight excluding hydrogens is 232 g/mol. The molecule has 3 rings (SSSR count). The minimum Gasteiger partial charge on any atom is -0.378 e. The minimum atomic E-state index is -0.0241. The Bertz CT molecular complexity index is 534. The summed E-state index contributed by atoms with van der Waals surface area (Å²) in [6.07, 6.45) is 1.72. The molecule has 0 aliphatic carbocycles. The number of pyridine rings is 1. The van der Waals surface area contributed by atoms with Crippen LogP contribution in [0.5, 0.6) is 0 Å². The maximum absolute atomic E-state index is 5.37. The van der Waals surface area contributed by atoms with Gasteiger partial charge in [-0.3, -0.25) is 4.98 Å². The van der Waals surface area contributed by atoms with Crippen molar-refractivity contribution in [2.75, 3.05) is 19.8 Å². The minimum absolute atomic E-state index is 0.0241. The molecule has 0 spiro atoms. The first kappa shape index (κ1) is 11.3. The van der Waals surface area contributed by atoms with Crippen LogP contribution in [0.15, 0.2) is 22.9 Å².